The lowest BCUT2D eigenvalue weighted by Crippen LogP contribution is -2.21. The summed E-state index contributed by atoms with van der Waals surface area (Å²) in [5.74, 6) is -1.50. The van der Waals surface area contributed by atoms with Gasteiger partial charge in [-0.1, -0.05) is 12.1 Å². The Hall–Kier alpha value is -3.73. The first kappa shape index (κ1) is 15.2. The van der Waals surface area contributed by atoms with Crippen LogP contribution in [0.2, 0.25) is 0 Å². The molecule has 0 fully saturated rings. The summed E-state index contributed by atoms with van der Waals surface area (Å²) in [6.45, 7) is 0. The smallest absolute Gasteiger partial charge is 0.269 e. The Kier molecular flexibility index (Phi) is 3.46. The molecule has 120 valence electrons. The molecule has 0 radical (unpaired) electrons. The molecule has 0 unspecified atom stereocenters. The fourth-order valence-electron chi connectivity index (χ4n) is 2.70. The van der Waals surface area contributed by atoms with Gasteiger partial charge in [0.1, 0.15) is 28.9 Å². The van der Waals surface area contributed by atoms with Gasteiger partial charge >= 0.3 is 0 Å². The predicted octanol–water partition coefficient (Wildman–Crippen LogP) is 2.22. The molecule has 8 nitrogen and oxygen atoms in total. The first-order valence-corrected chi connectivity index (χ1v) is 6.80. The summed E-state index contributed by atoms with van der Waals surface area (Å²) in [7, 11) is 0. The Morgan fingerprint density at radius 1 is 1.29 bits per heavy atom. The van der Waals surface area contributed by atoms with Crippen LogP contribution in [0.5, 0.6) is 17.2 Å². The van der Waals surface area contributed by atoms with Crippen molar-refractivity contribution in [3.05, 3.63) is 69.1 Å². The van der Waals surface area contributed by atoms with Gasteiger partial charge < -0.3 is 20.7 Å². The van der Waals surface area contributed by atoms with Crippen LogP contribution in [0.25, 0.3) is 0 Å². The van der Waals surface area contributed by atoms with Crippen LogP contribution in [-0.2, 0) is 0 Å². The lowest BCUT2D eigenvalue weighted by Gasteiger charge is -2.27. The van der Waals surface area contributed by atoms with Gasteiger partial charge in [-0.05, 0) is 5.56 Å². The molecule has 1 aliphatic heterocycles. The van der Waals surface area contributed by atoms with Gasteiger partial charge in [0.15, 0.2) is 0 Å². The number of nitro benzene ring substituents is 1. The van der Waals surface area contributed by atoms with Gasteiger partial charge in [0.05, 0.1) is 10.8 Å². The fraction of sp³-hybridized carbons (Fsp3) is 0.0625. The van der Waals surface area contributed by atoms with Crippen LogP contribution in [0.4, 0.5) is 5.69 Å². The molecule has 0 aromatic heterocycles. The lowest BCUT2D eigenvalue weighted by atomic mass is 9.83. The zero-order valence-electron chi connectivity index (χ0n) is 12.1. The first-order valence-electron chi connectivity index (χ1n) is 6.80. The minimum Gasteiger partial charge on any atom is -0.508 e. The summed E-state index contributed by atoms with van der Waals surface area (Å²) in [5, 5.41) is 40.2. The standard InChI is InChI=1S/C16H11N3O5/c17-7-11-14(8-2-1-3-9(4-8)19(22)23)15-12(21)5-10(20)6-13(15)24-16(11)18/h1-6,14,20-21H,18H2/t14-/m0/s1. The van der Waals surface area contributed by atoms with Crippen LogP contribution in [0.1, 0.15) is 17.0 Å². The van der Waals surface area contributed by atoms with Crippen molar-refractivity contribution >= 4 is 5.69 Å². The van der Waals surface area contributed by atoms with Gasteiger partial charge in [-0.15, -0.1) is 0 Å². The highest BCUT2D eigenvalue weighted by atomic mass is 16.6. The third-order valence-electron chi connectivity index (χ3n) is 3.70. The maximum atomic E-state index is 11.0. The molecule has 0 spiro atoms. The topological polar surface area (TPSA) is 143 Å². The second kappa shape index (κ2) is 5.48. The molecule has 2 aromatic carbocycles. The van der Waals surface area contributed by atoms with Gasteiger partial charge in [0.2, 0.25) is 5.88 Å². The number of nitrogens with zero attached hydrogens (tertiary/aromatic N) is 2. The summed E-state index contributed by atoms with van der Waals surface area (Å²) in [4.78, 5) is 10.4. The Bertz CT molecular complexity index is 930. The van der Waals surface area contributed by atoms with Crippen molar-refractivity contribution in [3.63, 3.8) is 0 Å². The number of phenolic OH excluding ortho intramolecular Hbond substituents is 2. The minimum absolute atomic E-state index is 0.0176. The Morgan fingerprint density at radius 2 is 2.04 bits per heavy atom. The maximum absolute atomic E-state index is 11.0. The maximum Gasteiger partial charge on any atom is 0.269 e. The summed E-state index contributed by atoms with van der Waals surface area (Å²) < 4.78 is 5.31. The monoisotopic (exact) mass is 325 g/mol. The summed E-state index contributed by atoms with van der Waals surface area (Å²) in [6.07, 6.45) is 0. The van der Waals surface area contributed by atoms with Gasteiger partial charge in [0, 0.05) is 29.8 Å². The number of nitro groups is 1. The average Bonchev–Trinajstić information content (AvgIpc) is 2.53. The van der Waals surface area contributed by atoms with Crippen molar-refractivity contribution in [2.24, 2.45) is 5.73 Å². The molecule has 1 atom stereocenters. The van der Waals surface area contributed by atoms with Crippen molar-refractivity contribution in [3.8, 4) is 23.3 Å². The molecule has 0 bridgehead atoms. The van der Waals surface area contributed by atoms with Gasteiger partial charge in [-0.2, -0.15) is 5.26 Å². The molecule has 1 aliphatic rings. The molecular formula is C16H11N3O5. The van der Waals surface area contributed by atoms with Crippen molar-refractivity contribution < 1.29 is 19.9 Å². The van der Waals surface area contributed by atoms with E-state index in [2.05, 4.69) is 0 Å². The summed E-state index contributed by atoms with van der Waals surface area (Å²) >= 11 is 0. The fourth-order valence-corrected chi connectivity index (χ4v) is 2.70. The highest BCUT2D eigenvalue weighted by Crippen LogP contribution is 2.48. The zero-order chi connectivity index (χ0) is 17.4. The van der Waals surface area contributed by atoms with Crippen LogP contribution < -0.4 is 10.5 Å². The summed E-state index contributed by atoms with van der Waals surface area (Å²) in [5.41, 5.74) is 6.23. The lowest BCUT2D eigenvalue weighted by molar-refractivity contribution is -0.384. The van der Waals surface area contributed by atoms with E-state index >= 15 is 0 Å². The number of allylic oxidation sites excluding steroid dienone is 1. The van der Waals surface area contributed by atoms with Crippen LogP contribution in [0.3, 0.4) is 0 Å². The van der Waals surface area contributed by atoms with Gasteiger partial charge in [-0.3, -0.25) is 10.1 Å². The molecule has 3 rings (SSSR count). The third-order valence-corrected chi connectivity index (χ3v) is 3.70. The second-order valence-electron chi connectivity index (χ2n) is 5.15. The minimum atomic E-state index is -0.848. The molecule has 24 heavy (non-hydrogen) atoms. The van der Waals surface area contributed by atoms with Crippen molar-refractivity contribution in [1.29, 1.82) is 5.26 Å². The van der Waals surface area contributed by atoms with E-state index in [1.54, 1.807) is 6.07 Å². The SMILES string of the molecule is N#CC1=C(N)Oc2cc(O)cc(O)c2[C@H]1c1cccc([N+](=O)[O-])c1. The number of ether oxygens (including phenoxy) is 1. The third kappa shape index (κ3) is 2.34. The number of aromatic hydroxyl groups is 2. The predicted molar refractivity (Wildman–Crippen MR) is 82.2 cm³/mol. The molecule has 0 saturated carbocycles. The molecule has 2 aromatic rings. The van der Waals surface area contributed by atoms with E-state index in [0.717, 1.165) is 6.07 Å². The largest absolute Gasteiger partial charge is 0.508 e. The molecule has 0 amide bonds. The number of phenols is 2. The van der Waals surface area contributed by atoms with E-state index in [-0.39, 0.29) is 40.0 Å². The molecule has 8 heteroatoms. The van der Waals surface area contributed by atoms with E-state index in [9.17, 15) is 25.6 Å². The highest BCUT2D eigenvalue weighted by Gasteiger charge is 2.34. The van der Waals surface area contributed by atoms with E-state index in [1.807, 2.05) is 6.07 Å². The van der Waals surface area contributed by atoms with Crippen LogP contribution in [-0.4, -0.2) is 15.1 Å². The number of hydrogen-bond donors (Lipinski definition) is 3. The van der Waals surface area contributed by atoms with E-state index in [1.165, 1.54) is 24.3 Å². The van der Waals surface area contributed by atoms with Crippen molar-refractivity contribution in [1.82, 2.24) is 0 Å². The van der Waals surface area contributed by atoms with E-state index < -0.39 is 10.8 Å². The average molecular weight is 325 g/mol. The van der Waals surface area contributed by atoms with Crippen LogP contribution in [0.15, 0.2) is 47.9 Å². The molecular weight excluding hydrogens is 314 g/mol. The molecule has 0 aliphatic carbocycles. The number of benzene rings is 2. The Labute approximate surface area is 135 Å². The van der Waals surface area contributed by atoms with Gasteiger partial charge in [-0.25, -0.2) is 0 Å². The number of non-ortho nitro benzene ring substituents is 1. The van der Waals surface area contributed by atoms with Gasteiger partial charge in [0.25, 0.3) is 5.69 Å². The number of nitrogens with two attached hydrogens (primary N) is 1. The molecule has 1 heterocycles. The Balaban J connectivity index is 2.28. The molecule has 0 saturated heterocycles. The first-order chi connectivity index (χ1) is 11.4. The molecule has 4 N–H and O–H groups in total. The van der Waals surface area contributed by atoms with Crippen molar-refractivity contribution in [2.75, 3.05) is 0 Å². The summed E-state index contributed by atoms with van der Waals surface area (Å²) in [6, 6.07) is 9.96. The number of rotatable bonds is 2. The zero-order valence-corrected chi connectivity index (χ0v) is 12.1. The quantitative estimate of drug-likeness (QED) is 0.567. The Morgan fingerprint density at radius 3 is 2.71 bits per heavy atom. The van der Waals surface area contributed by atoms with Crippen molar-refractivity contribution in [2.45, 2.75) is 5.92 Å². The van der Waals surface area contributed by atoms with E-state index in [0.29, 0.717) is 5.56 Å². The van der Waals surface area contributed by atoms with Crippen LogP contribution >= 0.6 is 0 Å². The van der Waals surface area contributed by atoms with Crippen LogP contribution in [0, 0.1) is 21.4 Å². The number of hydrogen-bond acceptors (Lipinski definition) is 7. The highest BCUT2D eigenvalue weighted by molar-refractivity contribution is 5.62. The normalized spacial score (nSPS) is 16.0. The number of nitriles is 1. The second-order valence-corrected chi connectivity index (χ2v) is 5.15. The van der Waals surface area contributed by atoms with E-state index in [4.69, 9.17) is 10.5 Å². The number of fused-ring (bicyclic) bond motifs is 1.